The first-order valence-corrected chi connectivity index (χ1v) is 7.93. The highest BCUT2D eigenvalue weighted by molar-refractivity contribution is 6.31. The number of ether oxygens (including phenoxy) is 1. The number of morpholine rings is 1. The van der Waals surface area contributed by atoms with Gasteiger partial charge in [-0.2, -0.15) is 0 Å². The van der Waals surface area contributed by atoms with Gasteiger partial charge in [0, 0.05) is 29.1 Å². The van der Waals surface area contributed by atoms with Crippen molar-refractivity contribution in [1.29, 1.82) is 0 Å². The van der Waals surface area contributed by atoms with Gasteiger partial charge in [0.2, 0.25) is 5.91 Å². The van der Waals surface area contributed by atoms with Crippen molar-refractivity contribution < 1.29 is 9.53 Å². The number of hydrogen-bond donors (Lipinski definition) is 1. The first-order chi connectivity index (χ1) is 10.1. The summed E-state index contributed by atoms with van der Waals surface area (Å²) in [5, 5.41) is 0.694. The van der Waals surface area contributed by atoms with Gasteiger partial charge in [-0.1, -0.05) is 29.8 Å². The van der Waals surface area contributed by atoms with Crippen molar-refractivity contribution in [1.82, 2.24) is 4.90 Å². The highest BCUT2D eigenvalue weighted by Crippen LogP contribution is 2.31. The zero-order valence-corrected chi connectivity index (χ0v) is 12.8. The van der Waals surface area contributed by atoms with Crippen LogP contribution in [0.2, 0.25) is 5.02 Å². The zero-order valence-electron chi connectivity index (χ0n) is 12.0. The molecule has 1 amide bonds. The van der Waals surface area contributed by atoms with Gasteiger partial charge in [0.05, 0.1) is 13.2 Å². The minimum atomic E-state index is -0.133. The molecule has 0 radical (unpaired) electrons. The van der Waals surface area contributed by atoms with E-state index in [0.29, 0.717) is 24.7 Å². The summed E-state index contributed by atoms with van der Waals surface area (Å²) in [5.41, 5.74) is 6.88. The quantitative estimate of drug-likeness (QED) is 0.912. The summed E-state index contributed by atoms with van der Waals surface area (Å²) in [7, 11) is 0. The predicted molar refractivity (Wildman–Crippen MR) is 82.0 cm³/mol. The van der Waals surface area contributed by atoms with Crippen LogP contribution in [0.25, 0.3) is 0 Å². The Balaban J connectivity index is 1.68. The van der Waals surface area contributed by atoms with E-state index in [9.17, 15) is 4.79 Å². The molecule has 1 saturated heterocycles. The molecule has 0 unspecified atom stereocenters. The normalized spacial score (nSPS) is 29.6. The molecule has 21 heavy (non-hydrogen) atoms. The van der Waals surface area contributed by atoms with Crippen LogP contribution < -0.4 is 5.73 Å². The molecular formula is C16H21ClN2O2. The highest BCUT2D eigenvalue weighted by Gasteiger charge is 2.34. The molecule has 1 heterocycles. The first kappa shape index (κ1) is 14.8. The summed E-state index contributed by atoms with van der Waals surface area (Å²) in [5.74, 6) is 0.313. The van der Waals surface area contributed by atoms with Crippen molar-refractivity contribution in [2.75, 3.05) is 19.7 Å². The minimum absolute atomic E-state index is 0.0880. The molecule has 2 fully saturated rings. The van der Waals surface area contributed by atoms with E-state index in [1.165, 1.54) is 0 Å². The van der Waals surface area contributed by atoms with E-state index >= 15 is 0 Å². The standard InChI is InChI=1S/C16H21ClN2O2/c17-14-4-2-1-3-13(14)15-10-19(7-8-21-15)16(20)11-5-6-12(18)9-11/h1-4,11-12,15H,5-10,18H2/t11-,12+,15+/m0/s1. The molecular weight excluding hydrogens is 288 g/mol. The Labute approximate surface area is 130 Å². The lowest BCUT2D eigenvalue weighted by molar-refractivity contribution is -0.143. The van der Waals surface area contributed by atoms with E-state index < -0.39 is 0 Å². The molecule has 0 bridgehead atoms. The maximum absolute atomic E-state index is 12.6. The molecule has 1 aromatic rings. The summed E-state index contributed by atoms with van der Waals surface area (Å²) in [4.78, 5) is 14.5. The van der Waals surface area contributed by atoms with Gasteiger partial charge in [0.1, 0.15) is 6.10 Å². The van der Waals surface area contributed by atoms with Gasteiger partial charge < -0.3 is 15.4 Å². The molecule has 114 valence electrons. The summed E-state index contributed by atoms with van der Waals surface area (Å²) in [6, 6.07) is 7.85. The van der Waals surface area contributed by atoms with Crippen LogP contribution in [0.4, 0.5) is 0 Å². The smallest absolute Gasteiger partial charge is 0.225 e. The number of benzene rings is 1. The van der Waals surface area contributed by atoms with Crippen LogP contribution in [0.5, 0.6) is 0 Å². The molecule has 0 aromatic heterocycles. The number of halogens is 1. The van der Waals surface area contributed by atoms with Crippen LogP contribution >= 0.6 is 11.6 Å². The summed E-state index contributed by atoms with van der Waals surface area (Å²) in [6.07, 6.45) is 2.54. The van der Waals surface area contributed by atoms with E-state index in [4.69, 9.17) is 22.1 Å². The number of amides is 1. The predicted octanol–water partition coefficient (Wildman–Crippen LogP) is 2.37. The number of rotatable bonds is 2. The fraction of sp³-hybridized carbons (Fsp3) is 0.562. The average molecular weight is 309 g/mol. The van der Waals surface area contributed by atoms with Crippen molar-refractivity contribution in [3.8, 4) is 0 Å². The van der Waals surface area contributed by atoms with Gasteiger partial charge >= 0.3 is 0 Å². The molecule has 5 heteroatoms. The average Bonchev–Trinajstić information content (AvgIpc) is 2.94. The second-order valence-corrected chi connectivity index (χ2v) is 6.34. The van der Waals surface area contributed by atoms with Crippen LogP contribution in [0.15, 0.2) is 24.3 Å². The minimum Gasteiger partial charge on any atom is -0.370 e. The van der Waals surface area contributed by atoms with Crippen molar-refractivity contribution in [3.63, 3.8) is 0 Å². The van der Waals surface area contributed by atoms with Crippen LogP contribution in [0, 0.1) is 5.92 Å². The highest BCUT2D eigenvalue weighted by atomic mass is 35.5. The van der Waals surface area contributed by atoms with Gasteiger partial charge in [0.15, 0.2) is 0 Å². The number of nitrogens with zero attached hydrogens (tertiary/aromatic N) is 1. The zero-order chi connectivity index (χ0) is 14.8. The molecule has 3 rings (SSSR count). The van der Waals surface area contributed by atoms with Gasteiger partial charge in [-0.15, -0.1) is 0 Å². The van der Waals surface area contributed by atoms with Crippen LogP contribution in [0.3, 0.4) is 0 Å². The summed E-state index contributed by atoms with van der Waals surface area (Å²) >= 11 is 6.23. The maximum Gasteiger partial charge on any atom is 0.225 e. The van der Waals surface area contributed by atoms with Crippen molar-refractivity contribution in [2.24, 2.45) is 11.7 Å². The van der Waals surface area contributed by atoms with Crippen molar-refractivity contribution in [3.05, 3.63) is 34.9 Å². The van der Waals surface area contributed by atoms with Crippen molar-refractivity contribution in [2.45, 2.75) is 31.4 Å². The number of hydrogen-bond acceptors (Lipinski definition) is 3. The molecule has 1 aromatic carbocycles. The lowest BCUT2D eigenvalue weighted by Gasteiger charge is -2.35. The Morgan fingerprint density at radius 3 is 2.86 bits per heavy atom. The van der Waals surface area contributed by atoms with Crippen LogP contribution in [-0.4, -0.2) is 36.5 Å². The van der Waals surface area contributed by atoms with Gasteiger partial charge in [0.25, 0.3) is 0 Å². The molecule has 1 aliphatic carbocycles. The van der Waals surface area contributed by atoms with Crippen molar-refractivity contribution >= 4 is 17.5 Å². The number of carbonyl (C=O) groups excluding carboxylic acids is 1. The monoisotopic (exact) mass is 308 g/mol. The molecule has 1 saturated carbocycles. The Morgan fingerprint density at radius 1 is 1.33 bits per heavy atom. The van der Waals surface area contributed by atoms with E-state index in [0.717, 1.165) is 24.8 Å². The van der Waals surface area contributed by atoms with Gasteiger partial charge in [-0.25, -0.2) is 0 Å². The van der Waals surface area contributed by atoms with Crippen LogP contribution in [-0.2, 0) is 9.53 Å². The fourth-order valence-electron chi connectivity index (χ4n) is 3.27. The second kappa shape index (κ2) is 6.34. The Bertz CT molecular complexity index is 523. The SMILES string of the molecule is N[C@@H]1CC[C@H](C(=O)N2CCO[C@@H](c3ccccc3Cl)C2)C1. The van der Waals surface area contributed by atoms with Gasteiger partial charge in [-0.3, -0.25) is 4.79 Å². The third kappa shape index (κ3) is 3.23. The second-order valence-electron chi connectivity index (χ2n) is 5.94. The lowest BCUT2D eigenvalue weighted by Crippen LogP contribution is -2.44. The Morgan fingerprint density at radius 2 is 2.14 bits per heavy atom. The van der Waals surface area contributed by atoms with E-state index in [2.05, 4.69) is 0 Å². The molecule has 3 atom stereocenters. The summed E-state index contributed by atoms with van der Waals surface area (Å²) < 4.78 is 5.81. The number of carbonyl (C=O) groups is 1. The van der Waals surface area contributed by atoms with Crippen LogP contribution in [0.1, 0.15) is 30.9 Å². The summed E-state index contributed by atoms with van der Waals surface area (Å²) in [6.45, 7) is 1.79. The van der Waals surface area contributed by atoms with Gasteiger partial charge in [-0.05, 0) is 25.3 Å². The molecule has 0 spiro atoms. The Kier molecular flexibility index (Phi) is 4.48. The first-order valence-electron chi connectivity index (χ1n) is 7.55. The molecule has 2 N–H and O–H groups in total. The maximum atomic E-state index is 12.6. The topological polar surface area (TPSA) is 55.6 Å². The fourth-order valence-corrected chi connectivity index (χ4v) is 3.53. The largest absolute Gasteiger partial charge is 0.370 e. The Hall–Kier alpha value is -1.10. The van der Waals surface area contributed by atoms with E-state index in [1.54, 1.807) is 0 Å². The molecule has 4 nitrogen and oxygen atoms in total. The van der Waals surface area contributed by atoms with E-state index in [1.807, 2.05) is 29.2 Å². The van der Waals surface area contributed by atoms with E-state index in [-0.39, 0.29) is 24.0 Å². The third-order valence-corrected chi connectivity index (χ3v) is 4.80. The lowest BCUT2D eigenvalue weighted by atomic mass is 10.0. The number of nitrogens with two attached hydrogens (primary N) is 1. The third-order valence-electron chi connectivity index (χ3n) is 4.45. The molecule has 1 aliphatic heterocycles. The molecule has 2 aliphatic rings.